The molecule has 1 aliphatic rings. The fourth-order valence-electron chi connectivity index (χ4n) is 3.78. The number of aromatic carboxylic acids is 1. The predicted octanol–water partition coefficient (Wildman–Crippen LogP) is 4.08. The highest BCUT2D eigenvalue weighted by Crippen LogP contribution is 2.31. The second-order valence-electron chi connectivity index (χ2n) is 7.79. The molecule has 0 aliphatic carbocycles. The number of anilines is 1. The van der Waals surface area contributed by atoms with Gasteiger partial charge in [0.1, 0.15) is 0 Å². The van der Waals surface area contributed by atoms with Crippen LogP contribution in [0.4, 0.5) is 5.13 Å². The minimum absolute atomic E-state index is 0.251. The molecule has 2 heterocycles. The largest absolute Gasteiger partial charge is 0.478 e. The third-order valence-electron chi connectivity index (χ3n) is 5.61. The van der Waals surface area contributed by atoms with E-state index in [1.54, 1.807) is 30.4 Å². The first kappa shape index (κ1) is 23.4. The number of hydrogen-bond donors (Lipinski definition) is 2. The van der Waals surface area contributed by atoms with Crippen molar-refractivity contribution in [3.05, 3.63) is 69.6 Å². The Morgan fingerprint density at radius 3 is 2.82 bits per heavy atom. The van der Waals surface area contributed by atoms with Gasteiger partial charge in [0.2, 0.25) is 5.13 Å². The van der Waals surface area contributed by atoms with Gasteiger partial charge < -0.3 is 15.3 Å². The number of benzene rings is 2. The standard InChI is InChI=1S/C24H26ClN5O2S/c1-29(24-28-22(16-33-24)19-6-2-3-8-21(19)25)27-15-20-17(5-4-7-18(20)23(31)32)9-12-30-13-10-26-11-14-30/h2-8,15-16,26H,9-14H2,1H3,(H,31,32)/b27-15+. The quantitative estimate of drug-likeness (QED) is 0.371. The first-order chi connectivity index (χ1) is 16.0. The number of nitrogens with one attached hydrogen (secondary N) is 1. The van der Waals surface area contributed by atoms with E-state index in [4.69, 9.17) is 11.6 Å². The van der Waals surface area contributed by atoms with Gasteiger partial charge in [-0.05, 0) is 24.1 Å². The zero-order chi connectivity index (χ0) is 23.2. The number of rotatable bonds is 8. The van der Waals surface area contributed by atoms with Crippen LogP contribution in [0.5, 0.6) is 0 Å². The molecule has 2 N–H and O–H groups in total. The smallest absolute Gasteiger partial charge is 0.336 e. The number of hydrogen-bond acceptors (Lipinski definition) is 7. The van der Waals surface area contributed by atoms with Gasteiger partial charge in [0.15, 0.2) is 0 Å². The van der Waals surface area contributed by atoms with Crippen LogP contribution in [0.3, 0.4) is 0 Å². The molecule has 9 heteroatoms. The number of aromatic nitrogens is 1. The second kappa shape index (κ2) is 10.9. The summed E-state index contributed by atoms with van der Waals surface area (Å²) >= 11 is 7.75. The van der Waals surface area contributed by atoms with Crippen molar-refractivity contribution in [3.63, 3.8) is 0 Å². The van der Waals surface area contributed by atoms with Crippen LogP contribution in [0.25, 0.3) is 11.3 Å². The average Bonchev–Trinajstić information content (AvgIpc) is 3.32. The van der Waals surface area contributed by atoms with E-state index in [9.17, 15) is 9.90 Å². The summed E-state index contributed by atoms with van der Waals surface area (Å²) in [7, 11) is 1.80. The normalized spacial score (nSPS) is 14.6. The zero-order valence-corrected chi connectivity index (χ0v) is 19.9. The summed E-state index contributed by atoms with van der Waals surface area (Å²) in [6, 6.07) is 13.0. The van der Waals surface area contributed by atoms with Gasteiger partial charge in [-0.15, -0.1) is 11.3 Å². The maximum Gasteiger partial charge on any atom is 0.336 e. The van der Waals surface area contributed by atoms with Gasteiger partial charge in [-0.1, -0.05) is 41.9 Å². The summed E-state index contributed by atoms with van der Waals surface area (Å²) in [5.74, 6) is -0.960. The van der Waals surface area contributed by atoms with Crippen molar-refractivity contribution < 1.29 is 9.90 Å². The van der Waals surface area contributed by atoms with Crippen molar-refractivity contribution in [2.75, 3.05) is 44.8 Å². The number of hydrazone groups is 1. The van der Waals surface area contributed by atoms with Crippen LogP contribution in [0.15, 0.2) is 52.9 Å². The lowest BCUT2D eigenvalue weighted by molar-refractivity contribution is 0.0696. The molecule has 1 aliphatic heterocycles. The van der Waals surface area contributed by atoms with E-state index >= 15 is 0 Å². The highest BCUT2D eigenvalue weighted by Gasteiger charge is 2.16. The highest BCUT2D eigenvalue weighted by atomic mass is 35.5. The summed E-state index contributed by atoms with van der Waals surface area (Å²) in [5, 5.41) is 22.5. The van der Waals surface area contributed by atoms with E-state index < -0.39 is 5.97 Å². The van der Waals surface area contributed by atoms with Gasteiger partial charge in [-0.3, -0.25) is 0 Å². The van der Waals surface area contributed by atoms with Gasteiger partial charge >= 0.3 is 5.97 Å². The third-order valence-corrected chi connectivity index (χ3v) is 6.85. The molecule has 172 valence electrons. The van der Waals surface area contributed by atoms with Crippen LogP contribution in [0, 0.1) is 0 Å². The second-order valence-corrected chi connectivity index (χ2v) is 9.03. The Morgan fingerprint density at radius 2 is 2.06 bits per heavy atom. The molecule has 0 amide bonds. The molecule has 0 saturated carbocycles. The monoisotopic (exact) mass is 483 g/mol. The van der Waals surface area contributed by atoms with Gasteiger partial charge in [0, 0.05) is 61.3 Å². The van der Waals surface area contributed by atoms with Crippen molar-refractivity contribution in [1.82, 2.24) is 15.2 Å². The number of halogens is 1. The van der Waals surface area contributed by atoms with E-state index in [1.807, 2.05) is 35.7 Å². The molecule has 0 unspecified atom stereocenters. The SMILES string of the molecule is CN(/N=C/c1c(CCN2CCNCC2)cccc1C(=O)O)c1nc(-c2ccccc2Cl)cs1. The van der Waals surface area contributed by atoms with E-state index in [-0.39, 0.29) is 5.56 Å². The number of carbonyl (C=O) groups is 1. The van der Waals surface area contributed by atoms with Gasteiger partial charge in [-0.25, -0.2) is 14.8 Å². The number of carboxylic acid groups (broad SMARTS) is 1. The van der Waals surface area contributed by atoms with Gasteiger partial charge in [-0.2, -0.15) is 5.10 Å². The molecule has 0 atom stereocenters. The molecule has 0 radical (unpaired) electrons. The maximum atomic E-state index is 11.9. The van der Waals surface area contributed by atoms with Crippen molar-refractivity contribution in [1.29, 1.82) is 0 Å². The van der Waals surface area contributed by atoms with Gasteiger partial charge in [0.05, 0.1) is 17.5 Å². The Bertz CT molecular complexity index is 1140. The topological polar surface area (TPSA) is 81.1 Å². The molecule has 0 bridgehead atoms. The van der Waals surface area contributed by atoms with Crippen molar-refractivity contribution >= 4 is 40.3 Å². The van der Waals surface area contributed by atoms with E-state index in [0.29, 0.717) is 15.7 Å². The predicted molar refractivity (Wildman–Crippen MR) is 135 cm³/mol. The molecule has 0 spiro atoms. The molecule has 2 aromatic carbocycles. The van der Waals surface area contributed by atoms with Gasteiger partial charge in [0.25, 0.3) is 0 Å². The van der Waals surface area contributed by atoms with Crippen molar-refractivity contribution in [2.24, 2.45) is 5.10 Å². The molecule has 3 aromatic rings. The molecule has 33 heavy (non-hydrogen) atoms. The molecule has 1 fully saturated rings. The summed E-state index contributed by atoms with van der Waals surface area (Å²) in [4.78, 5) is 18.9. The van der Waals surface area contributed by atoms with Crippen molar-refractivity contribution in [2.45, 2.75) is 6.42 Å². The highest BCUT2D eigenvalue weighted by molar-refractivity contribution is 7.14. The Morgan fingerprint density at radius 1 is 1.27 bits per heavy atom. The summed E-state index contributed by atoms with van der Waals surface area (Å²) in [6.07, 6.45) is 2.40. The lowest BCUT2D eigenvalue weighted by Crippen LogP contribution is -2.44. The Kier molecular flexibility index (Phi) is 7.72. The summed E-state index contributed by atoms with van der Waals surface area (Å²) in [6.45, 7) is 4.86. The van der Waals surface area contributed by atoms with E-state index in [2.05, 4.69) is 20.3 Å². The molecule has 1 saturated heterocycles. The van der Waals surface area contributed by atoms with Crippen LogP contribution in [0.2, 0.25) is 5.02 Å². The molecule has 1 aromatic heterocycles. The Hall–Kier alpha value is -2.78. The molecule has 4 rings (SSSR count). The Labute approximate surface area is 202 Å². The number of piperazine rings is 1. The zero-order valence-electron chi connectivity index (χ0n) is 18.4. The number of thiazole rings is 1. The van der Waals surface area contributed by atoms with Crippen molar-refractivity contribution in [3.8, 4) is 11.3 Å². The number of nitrogens with zero attached hydrogens (tertiary/aromatic N) is 4. The molecular weight excluding hydrogens is 458 g/mol. The lowest BCUT2D eigenvalue weighted by atomic mass is 9.99. The molecular formula is C24H26ClN5O2S. The number of carboxylic acids is 1. The van der Waals surface area contributed by atoms with E-state index in [0.717, 1.165) is 56.0 Å². The molecule has 7 nitrogen and oxygen atoms in total. The fourth-order valence-corrected chi connectivity index (χ4v) is 4.76. The third kappa shape index (κ3) is 5.78. The van der Waals surface area contributed by atoms with Crippen LogP contribution in [-0.4, -0.2) is 66.9 Å². The van der Waals surface area contributed by atoms with Crippen LogP contribution in [-0.2, 0) is 6.42 Å². The Balaban J connectivity index is 1.54. The van der Waals surface area contributed by atoms with Crippen LogP contribution < -0.4 is 10.3 Å². The van der Waals surface area contributed by atoms with Crippen LogP contribution in [0.1, 0.15) is 21.5 Å². The lowest BCUT2D eigenvalue weighted by Gasteiger charge is -2.27. The maximum absolute atomic E-state index is 11.9. The summed E-state index contributed by atoms with van der Waals surface area (Å²) in [5.41, 5.74) is 3.51. The minimum Gasteiger partial charge on any atom is -0.478 e. The first-order valence-electron chi connectivity index (χ1n) is 10.8. The fraction of sp³-hybridized carbons (Fsp3) is 0.292. The first-order valence-corrected chi connectivity index (χ1v) is 12.0. The van der Waals surface area contributed by atoms with E-state index in [1.165, 1.54) is 11.3 Å². The van der Waals surface area contributed by atoms with Crippen LogP contribution >= 0.6 is 22.9 Å². The minimum atomic E-state index is -0.960. The average molecular weight is 484 g/mol. The summed E-state index contributed by atoms with van der Waals surface area (Å²) < 4.78 is 0.